The number of aryl methyl sites for hydroxylation is 2. The number of aromatic nitrogens is 3. The summed E-state index contributed by atoms with van der Waals surface area (Å²) in [6, 6.07) is 0.952. The fraction of sp³-hybridized carbons (Fsp3) is 0.818. The summed E-state index contributed by atoms with van der Waals surface area (Å²) < 4.78 is 2.05. The molecule has 1 aromatic rings. The predicted molar refractivity (Wildman–Crippen MR) is 59.6 cm³/mol. The van der Waals surface area contributed by atoms with Crippen LogP contribution in [0.25, 0.3) is 0 Å². The summed E-state index contributed by atoms with van der Waals surface area (Å²) in [5, 5.41) is 8.01. The molecule has 0 aromatic carbocycles. The number of hydrogen-bond donors (Lipinski definition) is 1. The molecule has 1 aromatic heterocycles. The fourth-order valence-electron chi connectivity index (χ4n) is 2.09. The first kappa shape index (κ1) is 10.6. The van der Waals surface area contributed by atoms with E-state index in [-0.39, 0.29) is 0 Å². The highest BCUT2D eigenvalue weighted by Crippen LogP contribution is 2.23. The summed E-state index contributed by atoms with van der Waals surface area (Å²) in [5.41, 5.74) is 0. The molecule has 0 saturated heterocycles. The van der Waals surface area contributed by atoms with Crippen LogP contribution in [0.2, 0.25) is 0 Å². The summed E-state index contributed by atoms with van der Waals surface area (Å²) in [6.07, 6.45) is 3.54. The molecule has 2 heterocycles. The largest absolute Gasteiger partial charge is 0.305 e. The normalized spacial score (nSPS) is 22.5. The van der Waals surface area contributed by atoms with Gasteiger partial charge in [-0.3, -0.25) is 0 Å². The number of rotatable bonds is 3. The van der Waals surface area contributed by atoms with Crippen molar-refractivity contribution >= 4 is 0 Å². The molecule has 4 nitrogen and oxygen atoms in total. The fourth-order valence-corrected chi connectivity index (χ4v) is 2.09. The monoisotopic (exact) mass is 208 g/mol. The molecule has 84 valence electrons. The van der Waals surface area contributed by atoms with Crippen molar-refractivity contribution in [2.45, 2.75) is 58.7 Å². The molecule has 0 saturated carbocycles. The van der Waals surface area contributed by atoms with Gasteiger partial charge in [0.1, 0.15) is 11.6 Å². The lowest BCUT2D eigenvalue weighted by atomic mass is 10.1. The lowest BCUT2D eigenvalue weighted by Gasteiger charge is -2.25. The highest BCUT2D eigenvalue weighted by Gasteiger charge is 2.23. The van der Waals surface area contributed by atoms with E-state index in [9.17, 15) is 0 Å². The molecule has 15 heavy (non-hydrogen) atoms. The van der Waals surface area contributed by atoms with Gasteiger partial charge < -0.3 is 5.32 Å². The maximum atomic E-state index is 4.51. The predicted octanol–water partition coefficient (Wildman–Crippen LogP) is 1.81. The zero-order valence-corrected chi connectivity index (χ0v) is 9.82. The summed E-state index contributed by atoms with van der Waals surface area (Å²) in [5.74, 6) is 2.02. The Kier molecular flexibility index (Phi) is 3.05. The van der Waals surface area contributed by atoms with E-state index in [0.29, 0.717) is 12.1 Å². The molecular weight excluding hydrogens is 188 g/mol. The second-order valence-corrected chi connectivity index (χ2v) is 4.41. The van der Waals surface area contributed by atoms with Crippen LogP contribution < -0.4 is 5.32 Å². The molecule has 0 fully saturated rings. The van der Waals surface area contributed by atoms with Gasteiger partial charge in [0.2, 0.25) is 0 Å². The Balaban J connectivity index is 2.14. The molecule has 0 radical (unpaired) electrons. The van der Waals surface area contributed by atoms with Gasteiger partial charge in [-0.05, 0) is 33.1 Å². The Morgan fingerprint density at radius 1 is 1.60 bits per heavy atom. The SMILES string of the molecule is CCC(C)NC1CCCn2nc(C)nc21. The van der Waals surface area contributed by atoms with Crippen molar-refractivity contribution in [2.75, 3.05) is 0 Å². The van der Waals surface area contributed by atoms with E-state index in [2.05, 4.69) is 33.9 Å². The first-order valence-corrected chi connectivity index (χ1v) is 5.88. The zero-order valence-electron chi connectivity index (χ0n) is 9.82. The van der Waals surface area contributed by atoms with E-state index >= 15 is 0 Å². The number of nitrogens with one attached hydrogen (secondary N) is 1. The third-order valence-electron chi connectivity index (χ3n) is 3.08. The second kappa shape index (κ2) is 4.31. The van der Waals surface area contributed by atoms with E-state index < -0.39 is 0 Å². The topological polar surface area (TPSA) is 42.7 Å². The number of hydrogen-bond acceptors (Lipinski definition) is 3. The van der Waals surface area contributed by atoms with Crippen LogP contribution in [0.15, 0.2) is 0 Å². The van der Waals surface area contributed by atoms with E-state index in [4.69, 9.17) is 0 Å². The Morgan fingerprint density at radius 3 is 3.13 bits per heavy atom. The summed E-state index contributed by atoms with van der Waals surface area (Å²) in [6.45, 7) is 7.42. The van der Waals surface area contributed by atoms with Gasteiger partial charge in [-0.25, -0.2) is 9.67 Å². The molecule has 1 aliphatic heterocycles. The van der Waals surface area contributed by atoms with Gasteiger partial charge in [0.05, 0.1) is 6.04 Å². The van der Waals surface area contributed by atoms with Crippen molar-refractivity contribution < 1.29 is 0 Å². The van der Waals surface area contributed by atoms with Gasteiger partial charge in [0.15, 0.2) is 0 Å². The second-order valence-electron chi connectivity index (χ2n) is 4.41. The van der Waals surface area contributed by atoms with Crippen LogP contribution in [0, 0.1) is 6.92 Å². The molecule has 0 aliphatic carbocycles. The van der Waals surface area contributed by atoms with Crippen LogP contribution in [0.1, 0.15) is 50.8 Å². The summed E-state index contributed by atoms with van der Waals surface area (Å²) in [7, 11) is 0. The van der Waals surface area contributed by atoms with E-state index in [1.165, 1.54) is 12.8 Å². The average molecular weight is 208 g/mol. The summed E-state index contributed by atoms with van der Waals surface area (Å²) >= 11 is 0. The van der Waals surface area contributed by atoms with Gasteiger partial charge in [0, 0.05) is 12.6 Å². The van der Waals surface area contributed by atoms with Gasteiger partial charge >= 0.3 is 0 Å². The first-order valence-electron chi connectivity index (χ1n) is 5.88. The lowest BCUT2D eigenvalue weighted by Crippen LogP contribution is -2.34. The molecule has 0 amide bonds. The Morgan fingerprint density at radius 2 is 2.40 bits per heavy atom. The van der Waals surface area contributed by atoms with Crippen LogP contribution in [-0.4, -0.2) is 20.8 Å². The quantitative estimate of drug-likeness (QED) is 0.823. The van der Waals surface area contributed by atoms with E-state index in [1.54, 1.807) is 0 Å². The van der Waals surface area contributed by atoms with Crippen LogP contribution >= 0.6 is 0 Å². The molecule has 1 aliphatic rings. The number of nitrogens with zero attached hydrogens (tertiary/aromatic N) is 3. The molecule has 1 N–H and O–H groups in total. The third kappa shape index (κ3) is 2.20. The van der Waals surface area contributed by atoms with E-state index in [1.807, 2.05) is 6.92 Å². The van der Waals surface area contributed by atoms with Gasteiger partial charge in [-0.2, -0.15) is 5.10 Å². The minimum Gasteiger partial charge on any atom is -0.305 e. The van der Waals surface area contributed by atoms with Crippen LogP contribution in [0.3, 0.4) is 0 Å². The van der Waals surface area contributed by atoms with Gasteiger partial charge in [0.25, 0.3) is 0 Å². The minimum atomic E-state index is 0.398. The lowest BCUT2D eigenvalue weighted by molar-refractivity contribution is 0.338. The smallest absolute Gasteiger partial charge is 0.147 e. The highest BCUT2D eigenvalue weighted by atomic mass is 15.4. The van der Waals surface area contributed by atoms with Crippen molar-refractivity contribution in [1.29, 1.82) is 0 Å². The standard InChI is InChI=1S/C11H20N4/c1-4-8(2)12-10-6-5-7-15-11(10)13-9(3)14-15/h8,10,12H,4-7H2,1-3H3. The van der Waals surface area contributed by atoms with Crippen molar-refractivity contribution in [3.05, 3.63) is 11.6 Å². The van der Waals surface area contributed by atoms with Crippen LogP contribution in [-0.2, 0) is 6.54 Å². The minimum absolute atomic E-state index is 0.398. The van der Waals surface area contributed by atoms with E-state index in [0.717, 1.165) is 24.6 Å². The molecule has 2 unspecified atom stereocenters. The molecule has 0 bridgehead atoms. The third-order valence-corrected chi connectivity index (χ3v) is 3.08. The van der Waals surface area contributed by atoms with Crippen molar-refractivity contribution in [3.8, 4) is 0 Å². The van der Waals surface area contributed by atoms with Gasteiger partial charge in [-0.15, -0.1) is 0 Å². The Bertz CT molecular complexity index is 331. The maximum absolute atomic E-state index is 4.51. The number of fused-ring (bicyclic) bond motifs is 1. The zero-order chi connectivity index (χ0) is 10.8. The molecule has 2 rings (SSSR count). The Labute approximate surface area is 91.1 Å². The van der Waals surface area contributed by atoms with Gasteiger partial charge in [-0.1, -0.05) is 6.92 Å². The molecule has 2 atom stereocenters. The first-order chi connectivity index (χ1) is 7.20. The van der Waals surface area contributed by atoms with Crippen LogP contribution in [0.4, 0.5) is 0 Å². The van der Waals surface area contributed by atoms with Crippen molar-refractivity contribution in [3.63, 3.8) is 0 Å². The average Bonchev–Trinajstić information content (AvgIpc) is 2.59. The Hall–Kier alpha value is -0.900. The van der Waals surface area contributed by atoms with Crippen LogP contribution in [0.5, 0.6) is 0 Å². The molecular formula is C11H20N4. The van der Waals surface area contributed by atoms with Crippen molar-refractivity contribution in [2.24, 2.45) is 0 Å². The highest BCUT2D eigenvalue weighted by molar-refractivity contribution is 5.01. The summed E-state index contributed by atoms with van der Waals surface area (Å²) in [4.78, 5) is 4.51. The maximum Gasteiger partial charge on any atom is 0.147 e. The molecule has 0 spiro atoms. The molecule has 4 heteroatoms. The van der Waals surface area contributed by atoms with Crippen molar-refractivity contribution in [1.82, 2.24) is 20.1 Å².